The third-order valence-electron chi connectivity index (χ3n) is 14.2. The van der Waals surface area contributed by atoms with Crippen molar-refractivity contribution >= 4 is 41.3 Å². The summed E-state index contributed by atoms with van der Waals surface area (Å²) in [6.07, 6.45) is 36.7. The van der Waals surface area contributed by atoms with Crippen molar-refractivity contribution in [2.45, 2.75) is 314 Å². The van der Waals surface area contributed by atoms with E-state index in [4.69, 9.17) is 14.6 Å². The summed E-state index contributed by atoms with van der Waals surface area (Å²) in [5, 5.41) is 63.0. The molecule has 7 N–H and O–H groups in total. The van der Waals surface area contributed by atoms with Crippen LogP contribution in [0.4, 0.5) is 5.82 Å². The van der Waals surface area contributed by atoms with Crippen molar-refractivity contribution < 1.29 is 54.2 Å². The van der Waals surface area contributed by atoms with E-state index in [0.29, 0.717) is 12.8 Å². The Hall–Kier alpha value is -2.83. The monoisotopic (exact) mass is 1100 g/mol. The van der Waals surface area contributed by atoms with Gasteiger partial charge in [-0.2, -0.15) is 11.8 Å². The number of unbranched alkanes of at least 4 members (excludes halogenated alkanes) is 33. The van der Waals surface area contributed by atoms with Crippen LogP contribution in [0.1, 0.15) is 271 Å². The van der Waals surface area contributed by atoms with Crippen LogP contribution in [-0.4, -0.2) is 126 Å². The number of rotatable bonds is 55. The van der Waals surface area contributed by atoms with Gasteiger partial charge in [-0.1, -0.05) is 238 Å². The lowest BCUT2D eigenvalue weighted by Gasteiger charge is -2.25. The first-order valence-electron chi connectivity index (χ1n) is 30.7. The number of carbonyl (C=O) groups excluding carboxylic acids is 4. The molecule has 2 amide bonds. The zero-order valence-electron chi connectivity index (χ0n) is 48.1. The lowest BCUT2D eigenvalue weighted by atomic mass is 10.0. The van der Waals surface area contributed by atoms with Gasteiger partial charge in [0.15, 0.2) is 5.82 Å². The van der Waals surface area contributed by atoms with Crippen molar-refractivity contribution in [2.24, 2.45) is 0 Å². The molecule has 0 spiro atoms. The van der Waals surface area contributed by atoms with Gasteiger partial charge in [0.25, 0.3) is 0 Å². The van der Waals surface area contributed by atoms with Gasteiger partial charge in [0, 0.05) is 30.8 Å². The number of carbonyl (C=O) groups is 4. The summed E-state index contributed by atoms with van der Waals surface area (Å²) < 4.78 is 12.7. The number of thioether (sulfide) groups is 1. The molecule has 1 rings (SSSR count). The Balaban J connectivity index is 2.90. The smallest absolute Gasteiger partial charge is 0.306 e. The van der Waals surface area contributed by atoms with Crippen LogP contribution >= 0.6 is 11.8 Å². The van der Waals surface area contributed by atoms with Crippen molar-refractivity contribution in [1.29, 1.82) is 0 Å². The minimum absolute atomic E-state index is 0.00229. The molecule has 0 aliphatic rings. The Morgan fingerprint density at radius 2 is 0.934 bits per heavy atom. The number of ether oxygens (including phenoxy) is 2. The summed E-state index contributed by atoms with van der Waals surface area (Å²) in [5.41, 5.74) is 0. The van der Waals surface area contributed by atoms with Crippen LogP contribution in [0.3, 0.4) is 0 Å². The number of hydrogen-bond donors (Lipinski definition) is 7. The maximum absolute atomic E-state index is 13.8. The molecule has 0 fully saturated rings. The van der Waals surface area contributed by atoms with Crippen LogP contribution in [-0.2, 0) is 35.2 Å². The molecule has 0 aliphatic heterocycles. The number of nitrogens with zero attached hydrogens (tertiary/aromatic N) is 3. The summed E-state index contributed by atoms with van der Waals surface area (Å²) >= 11 is 1.29. The maximum Gasteiger partial charge on any atom is 0.306 e. The Labute approximate surface area is 464 Å². The summed E-state index contributed by atoms with van der Waals surface area (Å²) in [7, 11) is 0. The van der Waals surface area contributed by atoms with E-state index in [1.807, 2.05) is 0 Å². The van der Waals surface area contributed by atoms with E-state index in [0.717, 1.165) is 68.9 Å². The van der Waals surface area contributed by atoms with Crippen molar-refractivity contribution in [1.82, 2.24) is 20.3 Å². The van der Waals surface area contributed by atoms with Crippen molar-refractivity contribution in [3.8, 4) is 0 Å². The quantitative estimate of drug-likeness (QED) is 0.0237. The molecule has 0 radical (unpaired) electrons. The first kappa shape index (κ1) is 71.2. The van der Waals surface area contributed by atoms with Gasteiger partial charge in [-0.25, -0.2) is 4.68 Å². The van der Waals surface area contributed by atoms with Gasteiger partial charge in [-0.15, -0.1) is 5.10 Å². The highest BCUT2D eigenvalue weighted by atomic mass is 32.2. The fourth-order valence-corrected chi connectivity index (χ4v) is 10.3. The third-order valence-corrected chi connectivity index (χ3v) is 15.4. The second-order valence-corrected chi connectivity index (χ2v) is 22.6. The highest BCUT2D eigenvalue weighted by Gasteiger charge is 2.31. The minimum Gasteiger partial charge on any atom is -0.462 e. The number of nitrogens with one attached hydrogen (secondary N) is 2. The molecule has 444 valence electrons. The predicted molar refractivity (Wildman–Crippen MR) is 307 cm³/mol. The van der Waals surface area contributed by atoms with E-state index in [2.05, 4.69) is 41.7 Å². The number of anilines is 1. The van der Waals surface area contributed by atoms with E-state index >= 15 is 0 Å². The van der Waals surface area contributed by atoms with Crippen LogP contribution in [0.5, 0.6) is 0 Å². The second-order valence-electron chi connectivity index (χ2n) is 21.5. The fraction of sp³-hybridized carbons (Fsp3) is 0.898. The molecule has 0 bridgehead atoms. The summed E-state index contributed by atoms with van der Waals surface area (Å²) in [6, 6.07) is -1.03. The van der Waals surface area contributed by atoms with Crippen LogP contribution in [0, 0.1) is 0 Å². The summed E-state index contributed by atoms with van der Waals surface area (Å²) in [6.45, 7) is 5.41. The number of amides is 2. The van der Waals surface area contributed by atoms with Crippen molar-refractivity contribution in [2.75, 3.05) is 30.0 Å². The molecule has 0 aliphatic carbocycles. The molecule has 0 aromatic carbocycles. The molecule has 1 aromatic heterocycles. The van der Waals surface area contributed by atoms with Gasteiger partial charge in [-0.05, 0) is 19.3 Å². The van der Waals surface area contributed by atoms with E-state index in [-0.39, 0.29) is 67.6 Å². The van der Waals surface area contributed by atoms with E-state index < -0.39 is 49.1 Å². The largest absolute Gasteiger partial charge is 0.462 e. The molecule has 6 atom stereocenters. The van der Waals surface area contributed by atoms with Crippen molar-refractivity contribution in [3.05, 3.63) is 6.20 Å². The molecule has 76 heavy (non-hydrogen) atoms. The van der Waals surface area contributed by atoms with Crippen LogP contribution < -0.4 is 10.6 Å². The Bertz CT molecular complexity index is 1540. The molecular formula is C59H111N5O11S. The number of aliphatic hydroxyl groups is 5. The molecule has 0 saturated carbocycles. The van der Waals surface area contributed by atoms with Gasteiger partial charge >= 0.3 is 11.9 Å². The number of aromatic nitrogens is 3. The van der Waals surface area contributed by atoms with Gasteiger partial charge in [-0.3, -0.25) is 19.2 Å². The second kappa shape index (κ2) is 50.4. The van der Waals surface area contributed by atoms with Gasteiger partial charge < -0.3 is 45.6 Å². The Kier molecular flexibility index (Phi) is 47.2. The van der Waals surface area contributed by atoms with Crippen LogP contribution in [0.15, 0.2) is 6.20 Å². The molecular weight excluding hydrogens is 987 g/mol. The number of hydrogen-bond acceptors (Lipinski definition) is 14. The van der Waals surface area contributed by atoms with E-state index in [1.165, 1.54) is 172 Å². The van der Waals surface area contributed by atoms with Gasteiger partial charge in [0.1, 0.15) is 43.2 Å². The maximum atomic E-state index is 13.8. The topological polar surface area (TPSA) is 243 Å². The normalized spacial score (nSPS) is 13.9. The highest BCUT2D eigenvalue weighted by molar-refractivity contribution is 7.99. The fourth-order valence-electron chi connectivity index (χ4n) is 9.25. The first-order valence-corrected chi connectivity index (χ1v) is 31.9. The van der Waals surface area contributed by atoms with Gasteiger partial charge in [0.2, 0.25) is 11.8 Å². The number of aliphatic hydroxyl groups excluding tert-OH is 5. The molecule has 16 nitrogen and oxygen atoms in total. The third kappa shape index (κ3) is 40.4. The SMILES string of the molecule is CCCCCCCCCCCCCCC(=O)N[C@H](CSC[C@@H](COC(=O)CCCCCCCCCCCCCC)OC(=O)CCCCCCCCCCCCCC)C(=O)Nc1cn(C[C@H](O)[C@H](O)[C@H](O)[C@H](O)CO)nn1. The standard InChI is InChI=1S/C59H111N5O11S/c1-4-7-10-13-16-19-22-25-28-31-34-37-40-54(68)60-50(59(73)61-53-44-64(63-62-53)43-51(66)57(71)58(72)52(67)45-65)48-76-47-49(75-56(70)42-39-36-33-30-27-24-21-18-15-12-9-6-3)46-74-55(69)41-38-35-32-29-26-23-20-17-14-11-8-5-2/h44,49-52,57-58,65-67,71-72H,4-43,45-48H2,1-3H3,(H,60,68)(H,61,73)/t49-,50-,51+,52-,57+,58-/m1/s1. The molecule has 0 unspecified atom stereocenters. The highest BCUT2D eigenvalue weighted by Crippen LogP contribution is 2.18. The summed E-state index contributed by atoms with van der Waals surface area (Å²) in [4.78, 5) is 53.3. The zero-order chi connectivity index (χ0) is 55.7. The molecule has 0 saturated heterocycles. The first-order chi connectivity index (χ1) is 36.9. The van der Waals surface area contributed by atoms with Crippen molar-refractivity contribution in [3.63, 3.8) is 0 Å². The molecule has 1 aromatic rings. The van der Waals surface area contributed by atoms with E-state index in [9.17, 15) is 39.6 Å². The zero-order valence-corrected chi connectivity index (χ0v) is 48.9. The Morgan fingerprint density at radius 3 is 1.37 bits per heavy atom. The average molecular weight is 1100 g/mol. The predicted octanol–water partition coefficient (Wildman–Crippen LogP) is 11.6. The lowest BCUT2D eigenvalue weighted by Crippen LogP contribution is -2.47. The molecule has 1 heterocycles. The van der Waals surface area contributed by atoms with Crippen LogP contribution in [0.2, 0.25) is 0 Å². The summed E-state index contributed by atoms with van der Waals surface area (Å²) in [5.74, 6) is -1.26. The Morgan fingerprint density at radius 1 is 0.539 bits per heavy atom. The minimum atomic E-state index is -1.82. The van der Waals surface area contributed by atoms with E-state index in [1.54, 1.807) is 0 Å². The number of esters is 2. The lowest BCUT2D eigenvalue weighted by molar-refractivity contribution is -0.157. The average Bonchev–Trinajstić information content (AvgIpc) is 3.85. The van der Waals surface area contributed by atoms with Gasteiger partial charge in [0.05, 0.1) is 19.3 Å². The van der Waals surface area contributed by atoms with Crippen LogP contribution in [0.25, 0.3) is 0 Å². The molecule has 17 heteroatoms.